The summed E-state index contributed by atoms with van der Waals surface area (Å²) in [4.78, 5) is 16.8. The fourth-order valence-electron chi connectivity index (χ4n) is 2.78. The van der Waals surface area contributed by atoms with Gasteiger partial charge < -0.3 is 9.73 Å². The van der Waals surface area contributed by atoms with Crippen LogP contribution in [0, 0.1) is 0 Å². The van der Waals surface area contributed by atoms with Gasteiger partial charge in [-0.1, -0.05) is 46.9 Å². The summed E-state index contributed by atoms with van der Waals surface area (Å²) < 4.78 is 5.78. The Morgan fingerprint density at radius 2 is 1.68 bits per heavy atom. The highest BCUT2D eigenvalue weighted by atomic mass is 35.5. The van der Waals surface area contributed by atoms with Gasteiger partial charge in [0.2, 0.25) is 11.8 Å². The third-order valence-electron chi connectivity index (χ3n) is 4.11. The van der Waals surface area contributed by atoms with Gasteiger partial charge in [-0.15, -0.1) is 0 Å². The summed E-state index contributed by atoms with van der Waals surface area (Å²) in [6.07, 6.45) is 0.233. The number of nitrogens with one attached hydrogen (secondary N) is 1. The molecule has 0 radical (unpaired) electrons. The van der Waals surface area contributed by atoms with Crippen LogP contribution in [0.15, 0.2) is 65.1 Å². The second-order valence-electron chi connectivity index (χ2n) is 6.18. The molecule has 3 aromatic carbocycles. The van der Waals surface area contributed by atoms with E-state index in [9.17, 15) is 4.79 Å². The quantitative estimate of drug-likeness (QED) is 0.394. The second kappa shape index (κ2) is 7.84. The normalized spacial score (nSPS) is 11.0. The fraction of sp³-hybridized carbons (Fsp3) is 0.0476. The number of halogens is 3. The van der Waals surface area contributed by atoms with E-state index >= 15 is 0 Å². The molecule has 0 bridgehead atoms. The minimum Gasteiger partial charge on any atom is -0.436 e. The van der Waals surface area contributed by atoms with E-state index < -0.39 is 0 Å². The predicted octanol–water partition coefficient (Wildman–Crippen LogP) is 6.64. The Labute approximate surface area is 176 Å². The van der Waals surface area contributed by atoms with Crippen LogP contribution >= 0.6 is 34.8 Å². The number of hydrogen-bond acceptors (Lipinski definition) is 3. The molecule has 1 aromatic heterocycles. The molecular formula is C21H13Cl3N2O2. The first-order valence-electron chi connectivity index (χ1n) is 8.38. The molecule has 0 aliphatic rings. The lowest BCUT2D eigenvalue weighted by atomic mass is 10.1. The third-order valence-corrected chi connectivity index (χ3v) is 4.92. The van der Waals surface area contributed by atoms with Crippen molar-refractivity contribution < 1.29 is 9.21 Å². The van der Waals surface area contributed by atoms with Crippen molar-refractivity contribution in [3.63, 3.8) is 0 Å². The van der Waals surface area contributed by atoms with Gasteiger partial charge in [0.1, 0.15) is 5.52 Å². The van der Waals surface area contributed by atoms with Gasteiger partial charge in [0.25, 0.3) is 0 Å². The summed E-state index contributed by atoms with van der Waals surface area (Å²) in [5, 5.41) is 4.53. The number of anilines is 1. The number of rotatable bonds is 4. The molecule has 7 heteroatoms. The van der Waals surface area contributed by atoms with Crippen molar-refractivity contribution in [1.29, 1.82) is 0 Å². The first-order valence-corrected chi connectivity index (χ1v) is 9.51. The van der Waals surface area contributed by atoms with Crippen LogP contribution in [0.1, 0.15) is 5.56 Å². The van der Waals surface area contributed by atoms with Crippen LogP contribution in [0.5, 0.6) is 0 Å². The van der Waals surface area contributed by atoms with Crippen molar-refractivity contribution in [2.45, 2.75) is 6.42 Å². The van der Waals surface area contributed by atoms with Gasteiger partial charge in [0, 0.05) is 15.7 Å². The number of fused-ring (bicyclic) bond motifs is 1. The summed E-state index contributed by atoms with van der Waals surface area (Å²) in [5.74, 6) is 0.205. The van der Waals surface area contributed by atoms with E-state index in [1.165, 1.54) is 0 Å². The number of carbonyl (C=O) groups is 1. The van der Waals surface area contributed by atoms with Crippen LogP contribution in [0.2, 0.25) is 15.1 Å². The molecule has 1 amide bonds. The van der Waals surface area contributed by atoms with Crippen LogP contribution in [0.4, 0.5) is 5.69 Å². The first-order chi connectivity index (χ1) is 13.5. The van der Waals surface area contributed by atoms with Crippen molar-refractivity contribution >= 4 is 57.5 Å². The van der Waals surface area contributed by atoms with Gasteiger partial charge in [-0.25, -0.2) is 4.98 Å². The highest BCUT2D eigenvalue weighted by molar-refractivity contribution is 6.33. The molecule has 1 N–H and O–H groups in total. The molecule has 28 heavy (non-hydrogen) atoms. The van der Waals surface area contributed by atoms with Crippen LogP contribution in [0.25, 0.3) is 22.6 Å². The summed E-state index contributed by atoms with van der Waals surface area (Å²) in [7, 11) is 0. The Bertz CT molecular complexity index is 1170. The molecule has 0 aliphatic heterocycles. The van der Waals surface area contributed by atoms with Gasteiger partial charge in [-0.05, 0) is 54.1 Å². The average Bonchev–Trinajstić information content (AvgIpc) is 3.08. The Morgan fingerprint density at radius 1 is 0.929 bits per heavy atom. The molecule has 0 atom stereocenters. The van der Waals surface area contributed by atoms with Crippen molar-refractivity contribution in [3.8, 4) is 11.5 Å². The number of benzene rings is 3. The predicted molar refractivity (Wildman–Crippen MR) is 113 cm³/mol. The Hall–Kier alpha value is -2.53. The Kier molecular flexibility index (Phi) is 5.27. The maximum Gasteiger partial charge on any atom is 0.228 e. The van der Waals surface area contributed by atoms with Gasteiger partial charge >= 0.3 is 0 Å². The lowest BCUT2D eigenvalue weighted by molar-refractivity contribution is -0.115. The number of amides is 1. The van der Waals surface area contributed by atoms with Gasteiger partial charge in [-0.3, -0.25) is 4.79 Å². The molecular weight excluding hydrogens is 419 g/mol. The minimum atomic E-state index is -0.153. The zero-order valence-corrected chi connectivity index (χ0v) is 16.6. The van der Waals surface area contributed by atoms with Gasteiger partial charge in [0.15, 0.2) is 5.58 Å². The van der Waals surface area contributed by atoms with E-state index in [-0.39, 0.29) is 12.3 Å². The second-order valence-corrected chi connectivity index (χ2v) is 7.46. The molecule has 4 rings (SSSR count). The van der Waals surface area contributed by atoms with Crippen LogP contribution in [-0.4, -0.2) is 10.9 Å². The lowest BCUT2D eigenvalue weighted by Gasteiger charge is -2.08. The SMILES string of the molecule is O=C(Cc1ccc(Cl)cc1)Nc1ccc(Cl)c(-c2nc3cc(Cl)ccc3o2)c1. The molecule has 0 aliphatic carbocycles. The number of nitrogens with zero attached hydrogens (tertiary/aromatic N) is 1. The highest BCUT2D eigenvalue weighted by Gasteiger charge is 2.14. The molecule has 0 unspecified atom stereocenters. The molecule has 1 heterocycles. The van der Waals surface area contributed by atoms with E-state index in [0.717, 1.165) is 5.56 Å². The molecule has 0 saturated carbocycles. The summed E-state index contributed by atoms with van der Waals surface area (Å²) in [5.41, 5.74) is 3.28. The van der Waals surface area contributed by atoms with Gasteiger partial charge in [-0.2, -0.15) is 0 Å². The van der Waals surface area contributed by atoms with E-state index in [1.807, 2.05) is 12.1 Å². The number of carbonyl (C=O) groups excluding carboxylic acids is 1. The summed E-state index contributed by atoms with van der Waals surface area (Å²) in [6, 6.07) is 17.5. The molecule has 4 nitrogen and oxygen atoms in total. The maximum atomic E-state index is 12.3. The lowest BCUT2D eigenvalue weighted by Crippen LogP contribution is -2.14. The van der Waals surface area contributed by atoms with Gasteiger partial charge in [0.05, 0.1) is 17.0 Å². The summed E-state index contributed by atoms with van der Waals surface area (Å²) in [6.45, 7) is 0. The average molecular weight is 432 g/mol. The minimum absolute atomic E-state index is 0.153. The van der Waals surface area contributed by atoms with Crippen molar-refractivity contribution in [2.75, 3.05) is 5.32 Å². The number of oxazole rings is 1. The standard InChI is InChI=1S/C21H13Cl3N2O2/c22-13-3-1-12(2-4-13)9-20(27)25-15-6-7-17(24)16(11-15)21-26-18-10-14(23)5-8-19(18)28-21/h1-8,10-11H,9H2,(H,25,27). The monoisotopic (exact) mass is 430 g/mol. The Balaban J connectivity index is 1.57. The van der Waals surface area contributed by atoms with Crippen LogP contribution in [-0.2, 0) is 11.2 Å². The van der Waals surface area contributed by atoms with Crippen molar-refractivity contribution in [3.05, 3.63) is 81.3 Å². The molecule has 4 aromatic rings. The van der Waals surface area contributed by atoms with E-state index in [1.54, 1.807) is 48.5 Å². The highest BCUT2D eigenvalue weighted by Crippen LogP contribution is 2.33. The third kappa shape index (κ3) is 4.14. The molecule has 140 valence electrons. The fourth-order valence-corrected chi connectivity index (χ4v) is 3.27. The number of aromatic nitrogens is 1. The van der Waals surface area contributed by atoms with Crippen molar-refractivity contribution in [1.82, 2.24) is 4.98 Å². The molecule has 0 spiro atoms. The smallest absolute Gasteiger partial charge is 0.228 e. The first kappa shape index (κ1) is 18.8. The largest absolute Gasteiger partial charge is 0.436 e. The topological polar surface area (TPSA) is 55.1 Å². The maximum absolute atomic E-state index is 12.3. The van der Waals surface area contributed by atoms with E-state index in [2.05, 4.69) is 10.3 Å². The zero-order valence-electron chi connectivity index (χ0n) is 14.4. The number of hydrogen-bond donors (Lipinski definition) is 1. The van der Waals surface area contributed by atoms with Crippen molar-refractivity contribution in [2.24, 2.45) is 0 Å². The van der Waals surface area contributed by atoms with Crippen LogP contribution < -0.4 is 5.32 Å². The van der Waals surface area contributed by atoms with E-state index in [4.69, 9.17) is 39.2 Å². The summed E-state index contributed by atoms with van der Waals surface area (Å²) >= 11 is 18.2. The molecule has 0 fully saturated rings. The zero-order chi connectivity index (χ0) is 19.7. The van der Waals surface area contributed by atoms with E-state index in [0.29, 0.717) is 43.3 Å². The Morgan fingerprint density at radius 3 is 2.46 bits per heavy atom. The van der Waals surface area contributed by atoms with Crippen LogP contribution in [0.3, 0.4) is 0 Å². The molecule has 0 saturated heterocycles.